The summed E-state index contributed by atoms with van der Waals surface area (Å²) in [4.78, 5) is 17.1. The maximum Gasteiger partial charge on any atom is 0.242 e. The van der Waals surface area contributed by atoms with Gasteiger partial charge in [-0.1, -0.05) is 15.9 Å². The number of amides is 1. The standard InChI is InChI=1S/C13H16BrN3OS/c1-3-16(4-2)12(18)8-17-11-6-5-9(14)7-10(11)15-13(17)19/h5-7H,3-4,8H2,1-2H3,(H,15,19). The highest BCUT2D eigenvalue weighted by Gasteiger charge is 2.13. The van der Waals surface area contributed by atoms with E-state index in [0.29, 0.717) is 4.77 Å². The summed E-state index contributed by atoms with van der Waals surface area (Å²) in [5, 5.41) is 0. The van der Waals surface area contributed by atoms with Crippen LogP contribution >= 0.6 is 28.1 Å². The molecule has 1 amide bonds. The molecule has 4 nitrogen and oxygen atoms in total. The third-order valence-corrected chi connectivity index (χ3v) is 3.96. The second-order valence-electron chi connectivity index (χ2n) is 4.24. The molecular weight excluding hydrogens is 326 g/mol. The molecule has 0 saturated heterocycles. The first-order chi connectivity index (χ1) is 9.06. The lowest BCUT2D eigenvalue weighted by Crippen LogP contribution is -2.33. The van der Waals surface area contributed by atoms with E-state index in [9.17, 15) is 4.79 Å². The Morgan fingerprint density at radius 3 is 2.74 bits per heavy atom. The molecule has 0 aliphatic rings. The van der Waals surface area contributed by atoms with Crippen LogP contribution in [-0.4, -0.2) is 33.4 Å². The molecule has 0 unspecified atom stereocenters. The number of H-pyrrole nitrogens is 1. The largest absolute Gasteiger partial charge is 0.342 e. The van der Waals surface area contributed by atoms with E-state index in [1.54, 1.807) is 4.90 Å². The number of aromatic nitrogens is 2. The van der Waals surface area contributed by atoms with Gasteiger partial charge in [0.15, 0.2) is 4.77 Å². The van der Waals surface area contributed by atoms with Gasteiger partial charge < -0.3 is 14.5 Å². The summed E-state index contributed by atoms with van der Waals surface area (Å²) in [5.74, 6) is 0.0879. The van der Waals surface area contributed by atoms with Crippen molar-refractivity contribution in [2.75, 3.05) is 13.1 Å². The van der Waals surface area contributed by atoms with Crippen molar-refractivity contribution >= 4 is 45.1 Å². The van der Waals surface area contributed by atoms with Crippen molar-refractivity contribution in [3.8, 4) is 0 Å². The van der Waals surface area contributed by atoms with Gasteiger partial charge in [0.05, 0.1) is 11.0 Å². The van der Waals surface area contributed by atoms with Crippen LogP contribution in [0.5, 0.6) is 0 Å². The van der Waals surface area contributed by atoms with E-state index in [1.807, 2.05) is 36.6 Å². The normalized spacial score (nSPS) is 10.9. The fourth-order valence-corrected chi connectivity index (χ4v) is 2.74. The third-order valence-electron chi connectivity index (χ3n) is 3.15. The second kappa shape index (κ2) is 5.88. The van der Waals surface area contributed by atoms with Crippen LogP contribution < -0.4 is 0 Å². The zero-order chi connectivity index (χ0) is 14.0. The van der Waals surface area contributed by atoms with Crippen molar-refractivity contribution in [3.63, 3.8) is 0 Å². The number of carbonyl (C=O) groups is 1. The van der Waals surface area contributed by atoms with Crippen molar-refractivity contribution in [2.24, 2.45) is 0 Å². The molecule has 102 valence electrons. The number of likely N-dealkylation sites (N-methyl/N-ethyl adjacent to an activating group) is 1. The Balaban J connectivity index is 2.38. The molecule has 1 N–H and O–H groups in total. The van der Waals surface area contributed by atoms with Gasteiger partial charge in [0.2, 0.25) is 5.91 Å². The zero-order valence-corrected chi connectivity index (χ0v) is 13.3. The average Bonchev–Trinajstić information content (AvgIpc) is 2.66. The Labute approximate surface area is 125 Å². The number of nitrogens with one attached hydrogen (secondary N) is 1. The van der Waals surface area contributed by atoms with Gasteiger partial charge in [-0.3, -0.25) is 4.79 Å². The lowest BCUT2D eigenvalue weighted by atomic mass is 10.3. The summed E-state index contributed by atoms with van der Waals surface area (Å²) in [6.45, 7) is 5.68. The van der Waals surface area contributed by atoms with E-state index in [4.69, 9.17) is 12.2 Å². The Morgan fingerprint density at radius 2 is 2.11 bits per heavy atom. The molecule has 1 aromatic heterocycles. The first-order valence-corrected chi connectivity index (χ1v) is 7.42. The van der Waals surface area contributed by atoms with Crippen LogP contribution in [0.2, 0.25) is 0 Å². The molecule has 1 heterocycles. The summed E-state index contributed by atoms with van der Waals surface area (Å²) >= 11 is 8.72. The van der Waals surface area contributed by atoms with Crippen molar-refractivity contribution < 1.29 is 4.79 Å². The van der Waals surface area contributed by atoms with Gasteiger partial charge in [-0.2, -0.15) is 0 Å². The molecule has 6 heteroatoms. The fourth-order valence-electron chi connectivity index (χ4n) is 2.10. The topological polar surface area (TPSA) is 41.0 Å². The Hall–Kier alpha value is -1.14. The van der Waals surface area contributed by atoms with Crippen molar-refractivity contribution in [3.05, 3.63) is 27.4 Å². The van der Waals surface area contributed by atoms with Crippen LogP contribution in [0.1, 0.15) is 13.8 Å². The average molecular weight is 342 g/mol. The lowest BCUT2D eigenvalue weighted by Gasteiger charge is -2.18. The van der Waals surface area contributed by atoms with Crippen molar-refractivity contribution in [1.29, 1.82) is 0 Å². The van der Waals surface area contributed by atoms with Crippen LogP contribution in [0.25, 0.3) is 11.0 Å². The summed E-state index contributed by atoms with van der Waals surface area (Å²) in [7, 11) is 0. The number of halogens is 1. The van der Waals surface area contributed by atoms with E-state index in [0.717, 1.165) is 28.6 Å². The highest BCUT2D eigenvalue weighted by molar-refractivity contribution is 9.10. The predicted octanol–water partition coefficient (Wildman–Crippen LogP) is 3.33. The molecule has 0 radical (unpaired) electrons. The van der Waals surface area contributed by atoms with Gasteiger partial charge in [0.1, 0.15) is 6.54 Å². The number of carbonyl (C=O) groups excluding carboxylic acids is 1. The maximum absolute atomic E-state index is 12.2. The van der Waals surface area contributed by atoms with Crippen LogP contribution in [-0.2, 0) is 11.3 Å². The number of rotatable bonds is 4. The van der Waals surface area contributed by atoms with E-state index >= 15 is 0 Å². The predicted molar refractivity (Wildman–Crippen MR) is 82.8 cm³/mol. The first-order valence-electron chi connectivity index (χ1n) is 6.22. The molecule has 0 atom stereocenters. The fraction of sp³-hybridized carbons (Fsp3) is 0.385. The van der Waals surface area contributed by atoms with E-state index in [1.165, 1.54) is 0 Å². The van der Waals surface area contributed by atoms with Gasteiger partial charge in [0, 0.05) is 17.6 Å². The van der Waals surface area contributed by atoms with E-state index < -0.39 is 0 Å². The van der Waals surface area contributed by atoms with E-state index in [2.05, 4.69) is 20.9 Å². The molecule has 0 bridgehead atoms. The van der Waals surface area contributed by atoms with Gasteiger partial charge in [0.25, 0.3) is 0 Å². The Morgan fingerprint density at radius 1 is 1.42 bits per heavy atom. The van der Waals surface area contributed by atoms with Crippen LogP contribution in [0.3, 0.4) is 0 Å². The summed E-state index contributed by atoms with van der Waals surface area (Å²) in [6.07, 6.45) is 0. The lowest BCUT2D eigenvalue weighted by molar-refractivity contribution is -0.131. The second-order valence-corrected chi connectivity index (χ2v) is 5.55. The molecule has 19 heavy (non-hydrogen) atoms. The molecule has 0 fully saturated rings. The quantitative estimate of drug-likeness (QED) is 0.866. The van der Waals surface area contributed by atoms with E-state index in [-0.39, 0.29) is 12.5 Å². The summed E-state index contributed by atoms with van der Waals surface area (Å²) < 4.78 is 3.41. The monoisotopic (exact) mass is 341 g/mol. The van der Waals surface area contributed by atoms with Gasteiger partial charge in [-0.05, 0) is 44.3 Å². The van der Waals surface area contributed by atoms with Crippen molar-refractivity contribution in [2.45, 2.75) is 20.4 Å². The van der Waals surface area contributed by atoms with Gasteiger partial charge >= 0.3 is 0 Å². The molecule has 0 aliphatic carbocycles. The summed E-state index contributed by atoms with van der Waals surface area (Å²) in [5.41, 5.74) is 1.89. The smallest absolute Gasteiger partial charge is 0.242 e. The number of benzene rings is 1. The van der Waals surface area contributed by atoms with Crippen LogP contribution in [0, 0.1) is 4.77 Å². The van der Waals surface area contributed by atoms with Crippen LogP contribution in [0.15, 0.2) is 22.7 Å². The molecule has 0 aliphatic heterocycles. The molecule has 1 aromatic carbocycles. The van der Waals surface area contributed by atoms with Gasteiger partial charge in [-0.25, -0.2) is 0 Å². The number of nitrogens with zero attached hydrogens (tertiary/aromatic N) is 2. The minimum Gasteiger partial charge on any atom is -0.342 e. The Kier molecular flexibility index (Phi) is 4.42. The molecule has 2 aromatic rings. The Bertz CT molecular complexity index is 657. The zero-order valence-electron chi connectivity index (χ0n) is 10.9. The third kappa shape index (κ3) is 2.90. The SMILES string of the molecule is CCN(CC)C(=O)Cn1c(=S)[nH]c2cc(Br)ccc21. The number of hydrogen-bond acceptors (Lipinski definition) is 2. The van der Waals surface area contributed by atoms with Crippen molar-refractivity contribution in [1.82, 2.24) is 14.5 Å². The minimum absolute atomic E-state index is 0.0879. The molecule has 0 saturated carbocycles. The number of fused-ring (bicyclic) bond motifs is 1. The molecule has 0 spiro atoms. The first kappa shape index (κ1) is 14.3. The summed E-state index contributed by atoms with van der Waals surface area (Å²) in [6, 6.07) is 5.87. The highest BCUT2D eigenvalue weighted by atomic mass is 79.9. The number of hydrogen-bond donors (Lipinski definition) is 1. The molecular formula is C13H16BrN3OS. The highest BCUT2D eigenvalue weighted by Crippen LogP contribution is 2.19. The van der Waals surface area contributed by atoms with Crippen LogP contribution in [0.4, 0.5) is 0 Å². The number of aromatic amines is 1. The maximum atomic E-state index is 12.2. The minimum atomic E-state index is 0.0879. The molecule has 2 rings (SSSR count). The van der Waals surface area contributed by atoms with Gasteiger partial charge in [-0.15, -0.1) is 0 Å². The number of imidazole rings is 1.